The van der Waals surface area contributed by atoms with E-state index in [9.17, 15) is 4.79 Å². The first-order valence-electron chi connectivity index (χ1n) is 10.8. The summed E-state index contributed by atoms with van der Waals surface area (Å²) >= 11 is 1.56. The molecule has 3 heterocycles. The summed E-state index contributed by atoms with van der Waals surface area (Å²) < 4.78 is 5.85. The molecule has 2 saturated heterocycles. The fraction of sp³-hybridized carbons (Fsp3) is 0.591. The molecule has 1 aromatic carbocycles. The molecule has 2 atom stereocenters. The van der Waals surface area contributed by atoms with Crippen molar-refractivity contribution in [3.63, 3.8) is 0 Å². The van der Waals surface area contributed by atoms with E-state index in [1.165, 1.54) is 6.33 Å². The van der Waals surface area contributed by atoms with Crippen molar-refractivity contribution in [2.75, 3.05) is 32.7 Å². The largest absolute Gasteiger partial charge is 0.373 e. The van der Waals surface area contributed by atoms with E-state index in [4.69, 9.17) is 4.74 Å². The summed E-state index contributed by atoms with van der Waals surface area (Å²) in [6, 6.07) is 7.91. The number of hydrogen-bond donors (Lipinski definition) is 1. The number of ether oxygens (including phenoxy) is 1. The highest BCUT2D eigenvalue weighted by Gasteiger charge is 2.28. The Hall–Kier alpha value is -1.90. The van der Waals surface area contributed by atoms with Crippen LogP contribution in [0.5, 0.6) is 0 Å². The van der Waals surface area contributed by atoms with Crippen molar-refractivity contribution in [3.05, 3.63) is 41.7 Å². The Labute approximate surface area is 182 Å². The van der Waals surface area contributed by atoms with Crippen LogP contribution in [-0.2, 0) is 10.5 Å². The Morgan fingerprint density at radius 2 is 1.93 bits per heavy atom. The number of nitrogens with one attached hydrogen (secondary N) is 1. The van der Waals surface area contributed by atoms with Gasteiger partial charge in [0.15, 0.2) is 5.16 Å². The molecule has 2 aliphatic rings. The predicted molar refractivity (Wildman–Crippen MR) is 117 cm³/mol. The number of amides is 1. The van der Waals surface area contributed by atoms with Crippen LogP contribution >= 0.6 is 11.8 Å². The molecule has 2 aromatic rings. The second kappa shape index (κ2) is 9.94. The SMILES string of the molecule is CC1CN(CC2CCN(C(=O)c3ccccc3CSc3ncn[nH]3)CC2)CC(C)O1. The standard InChI is InChI=1S/C22H31N5O2S/c1-16-11-26(12-17(2)29-16)13-18-7-9-27(10-8-18)21(28)20-6-4-3-5-19(20)14-30-22-23-15-24-25-22/h3-6,15-18H,7-14H2,1-2H3,(H,23,24,25). The molecule has 0 saturated carbocycles. The highest BCUT2D eigenvalue weighted by molar-refractivity contribution is 7.98. The molecule has 7 nitrogen and oxygen atoms in total. The van der Waals surface area contributed by atoms with Gasteiger partial charge in [-0.2, -0.15) is 5.10 Å². The van der Waals surface area contributed by atoms with Gasteiger partial charge in [0.1, 0.15) is 6.33 Å². The van der Waals surface area contributed by atoms with Crippen LogP contribution in [0.4, 0.5) is 0 Å². The Kier molecular flexibility index (Phi) is 7.07. The maximum atomic E-state index is 13.2. The Morgan fingerprint density at radius 1 is 1.20 bits per heavy atom. The molecule has 1 N–H and O–H groups in total. The van der Waals surface area contributed by atoms with Gasteiger partial charge in [0.05, 0.1) is 12.2 Å². The average molecular weight is 430 g/mol. The molecule has 2 fully saturated rings. The minimum atomic E-state index is 0.149. The number of carbonyl (C=O) groups excluding carboxylic acids is 1. The zero-order chi connectivity index (χ0) is 20.9. The summed E-state index contributed by atoms with van der Waals surface area (Å²) in [6.45, 7) is 9.12. The first-order valence-corrected chi connectivity index (χ1v) is 11.8. The lowest BCUT2D eigenvalue weighted by Gasteiger charge is -2.39. The van der Waals surface area contributed by atoms with Gasteiger partial charge in [0, 0.05) is 44.0 Å². The van der Waals surface area contributed by atoms with E-state index >= 15 is 0 Å². The first kappa shape index (κ1) is 21.3. The number of likely N-dealkylation sites (tertiary alicyclic amines) is 1. The monoisotopic (exact) mass is 429 g/mol. The number of morpholine rings is 1. The van der Waals surface area contributed by atoms with Gasteiger partial charge in [-0.25, -0.2) is 4.98 Å². The van der Waals surface area contributed by atoms with Crippen molar-refractivity contribution in [2.24, 2.45) is 5.92 Å². The number of thioether (sulfide) groups is 1. The summed E-state index contributed by atoms with van der Waals surface area (Å²) in [5.74, 6) is 1.50. The molecule has 0 radical (unpaired) electrons. The Bertz CT molecular complexity index is 813. The van der Waals surface area contributed by atoms with Crippen LogP contribution in [0, 0.1) is 5.92 Å². The first-order chi connectivity index (χ1) is 14.6. The van der Waals surface area contributed by atoms with Crippen molar-refractivity contribution in [3.8, 4) is 0 Å². The van der Waals surface area contributed by atoms with Gasteiger partial charge in [-0.3, -0.25) is 14.8 Å². The Morgan fingerprint density at radius 3 is 2.63 bits per heavy atom. The third-order valence-corrected chi connectivity index (χ3v) is 6.84. The molecule has 0 aliphatic carbocycles. The number of benzene rings is 1. The van der Waals surface area contributed by atoms with Crippen LogP contribution < -0.4 is 0 Å². The third kappa shape index (κ3) is 5.42. The van der Waals surface area contributed by atoms with E-state index in [-0.39, 0.29) is 5.91 Å². The van der Waals surface area contributed by atoms with Gasteiger partial charge < -0.3 is 9.64 Å². The molecule has 0 spiro atoms. The maximum absolute atomic E-state index is 13.2. The molecule has 2 unspecified atom stereocenters. The van der Waals surface area contributed by atoms with Crippen molar-refractivity contribution in [1.29, 1.82) is 0 Å². The third-order valence-electron chi connectivity index (χ3n) is 5.92. The van der Waals surface area contributed by atoms with E-state index < -0.39 is 0 Å². The van der Waals surface area contributed by atoms with E-state index in [0.29, 0.717) is 23.9 Å². The minimum Gasteiger partial charge on any atom is -0.373 e. The summed E-state index contributed by atoms with van der Waals surface area (Å²) in [5.41, 5.74) is 1.85. The van der Waals surface area contributed by atoms with Crippen molar-refractivity contribution in [2.45, 2.75) is 49.8 Å². The highest BCUT2D eigenvalue weighted by atomic mass is 32.2. The van der Waals surface area contributed by atoms with Crippen LogP contribution in [0.25, 0.3) is 0 Å². The number of aromatic nitrogens is 3. The van der Waals surface area contributed by atoms with E-state index in [0.717, 1.165) is 61.8 Å². The molecule has 162 valence electrons. The fourth-order valence-corrected chi connectivity index (χ4v) is 5.34. The lowest BCUT2D eigenvalue weighted by Crippen LogP contribution is -2.48. The zero-order valence-corrected chi connectivity index (χ0v) is 18.6. The topological polar surface area (TPSA) is 74.4 Å². The molecule has 1 aromatic heterocycles. The second-order valence-electron chi connectivity index (χ2n) is 8.45. The summed E-state index contributed by atoms with van der Waals surface area (Å²) in [7, 11) is 0. The Balaban J connectivity index is 1.31. The van der Waals surface area contributed by atoms with Gasteiger partial charge >= 0.3 is 0 Å². The molecule has 4 rings (SSSR count). The van der Waals surface area contributed by atoms with E-state index in [2.05, 4.69) is 33.9 Å². The van der Waals surface area contributed by atoms with Gasteiger partial charge in [-0.05, 0) is 44.2 Å². The smallest absolute Gasteiger partial charge is 0.254 e. The second-order valence-corrected chi connectivity index (χ2v) is 9.41. The van der Waals surface area contributed by atoms with Gasteiger partial charge in [-0.15, -0.1) is 0 Å². The zero-order valence-electron chi connectivity index (χ0n) is 17.8. The number of piperidine rings is 1. The lowest BCUT2D eigenvalue weighted by molar-refractivity contribution is -0.0728. The molecule has 30 heavy (non-hydrogen) atoms. The fourth-order valence-electron chi connectivity index (χ4n) is 4.55. The summed E-state index contributed by atoms with van der Waals surface area (Å²) in [4.78, 5) is 21.9. The number of H-pyrrole nitrogens is 1. The maximum Gasteiger partial charge on any atom is 0.254 e. The molecule has 8 heteroatoms. The van der Waals surface area contributed by atoms with Crippen molar-refractivity contribution in [1.82, 2.24) is 25.0 Å². The number of nitrogens with zero attached hydrogens (tertiary/aromatic N) is 4. The quantitative estimate of drug-likeness (QED) is 0.712. The highest BCUT2D eigenvalue weighted by Crippen LogP contribution is 2.25. The van der Waals surface area contributed by atoms with Crippen LogP contribution in [-0.4, -0.2) is 75.8 Å². The molecule has 0 bridgehead atoms. The average Bonchev–Trinajstić information content (AvgIpc) is 3.25. The number of aromatic amines is 1. The lowest BCUT2D eigenvalue weighted by atomic mass is 9.94. The van der Waals surface area contributed by atoms with Crippen LogP contribution in [0.15, 0.2) is 35.7 Å². The summed E-state index contributed by atoms with van der Waals surface area (Å²) in [6.07, 6.45) is 4.26. The molecule has 1 amide bonds. The van der Waals surface area contributed by atoms with Crippen LogP contribution in [0.1, 0.15) is 42.6 Å². The van der Waals surface area contributed by atoms with E-state index in [1.807, 2.05) is 29.2 Å². The number of rotatable bonds is 6. The van der Waals surface area contributed by atoms with Crippen LogP contribution in [0.3, 0.4) is 0 Å². The van der Waals surface area contributed by atoms with Gasteiger partial charge in [-0.1, -0.05) is 30.0 Å². The van der Waals surface area contributed by atoms with E-state index in [1.54, 1.807) is 11.8 Å². The van der Waals surface area contributed by atoms with Crippen molar-refractivity contribution < 1.29 is 9.53 Å². The summed E-state index contributed by atoms with van der Waals surface area (Å²) in [5, 5.41) is 7.51. The minimum absolute atomic E-state index is 0.149. The van der Waals surface area contributed by atoms with Crippen LogP contribution in [0.2, 0.25) is 0 Å². The van der Waals surface area contributed by atoms with Gasteiger partial charge in [0.25, 0.3) is 5.91 Å². The number of carbonyl (C=O) groups is 1. The molecular formula is C22H31N5O2S. The normalized spacial score (nSPS) is 23.6. The van der Waals surface area contributed by atoms with Gasteiger partial charge in [0.2, 0.25) is 0 Å². The predicted octanol–water partition coefficient (Wildman–Crippen LogP) is 3.06. The molecular weight excluding hydrogens is 398 g/mol. The molecule has 2 aliphatic heterocycles. The van der Waals surface area contributed by atoms with Crippen molar-refractivity contribution >= 4 is 17.7 Å². The number of hydrogen-bond acceptors (Lipinski definition) is 6.